The molecule has 1 unspecified atom stereocenters. The predicted molar refractivity (Wildman–Crippen MR) is 89.3 cm³/mol. The number of nitrogens with zero attached hydrogens (tertiary/aromatic N) is 1. The highest BCUT2D eigenvalue weighted by molar-refractivity contribution is 5.69. The number of hydrogen-bond acceptors (Lipinski definition) is 3. The van der Waals surface area contributed by atoms with Crippen LogP contribution in [0.2, 0.25) is 0 Å². The van der Waals surface area contributed by atoms with Gasteiger partial charge in [0.2, 0.25) is 0 Å². The molecule has 0 saturated heterocycles. The monoisotopic (exact) mass is 368 g/mol. The zero-order chi connectivity index (χ0) is 18.4. The van der Waals surface area contributed by atoms with Crippen LogP contribution < -0.4 is 5.32 Å². The van der Waals surface area contributed by atoms with Crippen molar-refractivity contribution in [2.24, 2.45) is 5.92 Å². The van der Waals surface area contributed by atoms with Gasteiger partial charge < -0.3 is 10.4 Å². The molecule has 26 heavy (non-hydrogen) atoms. The number of carboxylic acid groups (broad SMARTS) is 1. The molecule has 1 aromatic carbocycles. The molecular formula is C19H23F3N2O2. The minimum Gasteiger partial charge on any atom is -0.480 e. The zero-order valence-electron chi connectivity index (χ0n) is 14.5. The molecule has 0 aliphatic heterocycles. The van der Waals surface area contributed by atoms with Crippen LogP contribution in [0.15, 0.2) is 6.07 Å². The molecule has 0 spiro atoms. The Morgan fingerprint density at radius 1 is 1.19 bits per heavy atom. The van der Waals surface area contributed by atoms with Crippen LogP contribution in [0.1, 0.15) is 49.3 Å². The third-order valence-electron chi connectivity index (χ3n) is 5.93. The highest BCUT2D eigenvalue weighted by Gasteiger charge is 2.39. The molecule has 4 rings (SSSR count). The fourth-order valence-electron chi connectivity index (χ4n) is 4.31. The van der Waals surface area contributed by atoms with E-state index in [9.17, 15) is 18.0 Å². The Balaban J connectivity index is 1.36. The molecule has 7 heteroatoms. The minimum absolute atomic E-state index is 0.0548. The fraction of sp³-hybridized carbons (Fsp3) is 0.632. The van der Waals surface area contributed by atoms with Gasteiger partial charge in [-0.3, -0.25) is 9.69 Å². The van der Waals surface area contributed by atoms with E-state index in [-0.39, 0.29) is 30.2 Å². The summed E-state index contributed by atoms with van der Waals surface area (Å²) < 4.78 is 41.1. The number of carboxylic acids is 1. The van der Waals surface area contributed by atoms with Crippen molar-refractivity contribution in [2.45, 2.75) is 56.7 Å². The quantitative estimate of drug-likeness (QED) is 0.727. The number of benzene rings is 1. The van der Waals surface area contributed by atoms with Gasteiger partial charge in [0.25, 0.3) is 0 Å². The van der Waals surface area contributed by atoms with Crippen molar-refractivity contribution >= 4 is 5.97 Å². The summed E-state index contributed by atoms with van der Waals surface area (Å²) >= 11 is 0. The molecule has 0 aromatic heterocycles. The van der Waals surface area contributed by atoms with Gasteiger partial charge in [0.15, 0.2) is 17.5 Å². The third kappa shape index (κ3) is 3.47. The van der Waals surface area contributed by atoms with Gasteiger partial charge in [0.05, 0.1) is 6.54 Å². The second-order valence-corrected chi connectivity index (χ2v) is 7.91. The highest BCUT2D eigenvalue weighted by atomic mass is 19.2. The number of carbonyl (C=O) groups is 1. The van der Waals surface area contributed by atoms with E-state index in [0.29, 0.717) is 24.3 Å². The van der Waals surface area contributed by atoms with Crippen LogP contribution in [-0.2, 0) is 11.2 Å². The van der Waals surface area contributed by atoms with Crippen molar-refractivity contribution in [3.63, 3.8) is 0 Å². The summed E-state index contributed by atoms with van der Waals surface area (Å²) in [4.78, 5) is 13.1. The van der Waals surface area contributed by atoms with Gasteiger partial charge in [0.1, 0.15) is 0 Å². The molecule has 0 amide bonds. The lowest BCUT2D eigenvalue weighted by molar-refractivity contribution is -0.139. The van der Waals surface area contributed by atoms with Gasteiger partial charge in [-0.15, -0.1) is 0 Å². The standard InChI is InChI=1S/C19H23F3N2O2/c20-14-5-11-3-4-15(17(11)19(22)18(14)21)23-12-6-13(7-12)24(9-16(25)26)8-10-1-2-10/h5,10,12-13,15,23H,1-4,6-9H2,(H,25,26). The predicted octanol–water partition coefficient (Wildman–Crippen LogP) is 3.01. The minimum atomic E-state index is -1.40. The Kier molecular flexibility index (Phi) is 4.69. The molecule has 0 bridgehead atoms. The van der Waals surface area contributed by atoms with Crippen molar-refractivity contribution in [3.8, 4) is 0 Å². The molecule has 1 aromatic rings. The Bertz CT molecular complexity index is 717. The van der Waals surface area contributed by atoms with Crippen molar-refractivity contribution in [1.82, 2.24) is 10.2 Å². The van der Waals surface area contributed by atoms with E-state index < -0.39 is 23.4 Å². The SMILES string of the molecule is O=C(O)CN(CC1CC1)C1CC(NC2CCc3cc(F)c(F)c(F)c32)C1. The van der Waals surface area contributed by atoms with E-state index in [1.54, 1.807) is 0 Å². The number of fused-ring (bicyclic) bond motifs is 1. The van der Waals surface area contributed by atoms with Gasteiger partial charge in [0, 0.05) is 30.2 Å². The maximum Gasteiger partial charge on any atom is 0.317 e. The third-order valence-corrected chi connectivity index (χ3v) is 5.93. The zero-order valence-corrected chi connectivity index (χ0v) is 14.5. The Labute approximate surface area is 150 Å². The van der Waals surface area contributed by atoms with E-state index in [2.05, 4.69) is 5.32 Å². The maximum absolute atomic E-state index is 14.2. The lowest BCUT2D eigenvalue weighted by Gasteiger charge is -2.44. The van der Waals surface area contributed by atoms with E-state index in [0.717, 1.165) is 25.5 Å². The summed E-state index contributed by atoms with van der Waals surface area (Å²) in [6.07, 6.45) is 5.10. The molecule has 2 fully saturated rings. The van der Waals surface area contributed by atoms with Crippen LogP contribution in [0.25, 0.3) is 0 Å². The first kappa shape index (κ1) is 17.8. The van der Waals surface area contributed by atoms with Crippen molar-refractivity contribution in [2.75, 3.05) is 13.1 Å². The Hall–Kier alpha value is -1.60. The lowest BCUT2D eigenvalue weighted by atomic mass is 9.84. The highest BCUT2D eigenvalue weighted by Crippen LogP contribution is 2.38. The smallest absolute Gasteiger partial charge is 0.317 e. The summed E-state index contributed by atoms with van der Waals surface area (Å²) in [6, 6.07) is 1.17. The Morgan fingerprint density at radius 2 is 1.92 bits per heavy atom. The van der Waals surface area contributed by atoms with Crippen LogP contribution in [0, 0.1) is 23.4 Å². The first-order valence-electron chi connectivity index (χ1n) is 9.30. The van der Waals surface area contributed by atoms with Crippen molar-refractivity contribution in [3.05, 3.63) is 34.6 Å². The number of nitrogens with one attached hydrogen (secondary N) is 1. The van der Waals surface area contributed by atoms with E-state index in [1.165, 1.54) is 12.8 Å². The summed E-state index contributed by atoms with van der Waals surface area (Å²) in [5, 5.41) is 12.5. The number of aryl methyl sites for hydroxylation is 1. The van der Waals surface area contributed by atoms with Gasteiger partial charge in [-0.05, 0) is 56.1 Å². The topological polar surface area (TPSA) is 52.6 Å². The van der Waals surface area contributed by atoms with Gasteiger partial charge in [-0.25, -0.2) is 13.2 Å². The average molecular weight is 368 g/mol. The Morgan fingerprint density at radius 3 is 2.58 bits per heavy atom. The molecule has 4 nitrogen and oxygen atoms in total. The van der Waals surface area contributed by atoms with Crippen LogP contribution in [0.4, 0.5) is 13.2 Å². The van der Waals surface area contributed by atoms with Gasteiger partial charge in [-0.1, -0.05) is 0 Å². The summed E-state index contributed by atoms with van der Waals surface area (Å²) in [6.45, 7) is 0.883. The molecule has 0 heterocycles. The van der Waals surface area contributed by atoms with Crippen LogP contribution >= 0.6 is 0 Å². The fourth-order valence-corrected chi connectivity index (χ4v) is 4.31. The number of rotatable bonds is 7. The van der Waals surface area contributed by atoms with Crippen LogP contribution in [0.3, 0.4) is 0 Å². The van der Waals surface area contributed by atoms with E-state index in [4.69, 9.17) is 5.11 Å². The first-order chi connectivity index (χ1) is 12.4. The molecule has 3 aliphatic carbocycles. The second-order valence-electron chi connectivity index (χ2n) is 7.91. The molecule has 2 saturated carbocycles. The van der Waals surface area contributed by atoms with Crippen LogP contribution in [-0.4, -0.2) is 41.1 Å². The summed E-state index contributed by atoms with van der Waals surface area (Å²) in [7, 11) is 0. The number of aliphatic carboxylic acids is 1. The first-order valence-corrected chi connectivity index (χ1v) is 9.30. The molecule has 0 radical (unpaired) electrons. The summed E-state index contributed by atoms with van der Waals surface area (Å²) in [5.74, 6) is -3.80. The molecule has 1 atom stereocenters. The molecule has 2 N–H and O–H groups in total. The van der Waals surface area contributed by atoms with Crippen LogP contribution in [0.5, 0.6) is 0 Å². The number of hydrogen-bond donors (Lipinski definition) is 2. The second kappa shape index (κ2) is 6.85. The van der Waals surface area contributed by atoms with E-state index in [1.807, 2.05) is 4.90 Å². The van der Waals surface area contributed by atoms with Crippen molar-refractivity contribution < 1.29 is 23.1 Å². The maximum atomic E-state index is 14.2. The number of halogens is 3. The molecule has 142 valence electrons. The molecular weight excluding hydrogens is 345 g/mol. The normalized spacial score (nSPS) is 27.5. The van der Waals surface area contributed by atoms with Gasteiger partial charge in [-0.2, -0.15) is 0 Å². The van der Waals surface area contributed by atoms with E-state index >= 15 is 0 Å². The molecule has 3 aliphatic rings. The van der Waals surface area contributed by atoms with Gasteiger partial charge >= 0.3 is 5.97 Å². The lowest BCUT2D eigenvalue weighted by Crippen LogP contribution is -2.54. The largest absolute Gasteiger partial charge is 0.480 e. The average Bonchev–Trinajstić information content (AvgIpc) is 3.26. The summed E-state index contributed by atoms with van der Waals surface area (Å²) in [5.41, 5.74) is 0.795. The van der Waals surface area contributed by atoms with Crippen molar-refractivity contribution in [1.29, 1.82) is 0 Å².